The van der Waals surface area contributed by atoms with Crippen LogP contribution in [0.4, 0.5) is 5.82 Å². The van der Waals surface area contributed by atoms with Crippen LogP contribution in [0.15, 0.2) is 24.3 Å². The average Bonchev–Trinajstić information content (AvgIpc) is 2.43. The Hall–Kier alpha value is -1.90. The standard InChI is InChI=1S/C16H21N3/c1-5-13-7-9-14(10-8-13)15-11(3)16(17-6-2)19-12(4)18-15/h7-10H,5-6H2,1-4H3,(H,17,18,19). The summed E-state index contributed by atoms with van der Waals surface area (Å²) in [5, 5.41) is 3.30. The summed E-state index contributed by atoms with van der Waals surface area (Å²) in [4.78, 5) is 9.05. The Labute approximate surface area is 115 Å². The molecule has 0 spiro atoms. The van der Waals surface area contributed by atoms with E-state index in [1.54, 1.807) is 0 Å². The average molecular weight is 255 g/mol. The highest BCUT2D eigenvalue weighted by molar-refractivity contribution is 5.68. The van der Waals surface area contributed by atoms with Crippen molar-refractivity contribution in [2.75, 3.05) is 11.9 Å². The molecule has 1 aromatic heterocycles. The molecule has 0 atom stereocenters. The van der Waals surface area contributed by atoms with Crippen LogP contribution in [0.25, 0.3) is 11.3 Å². The highest BCUT2D eigenvalue weighted by atomic mass is 15.0. The Bertz CT molecular complexity index is 559. The van der Waals surface area contributed by atoms with Crippen molar-refractivity contribution < 1.29 is 0 Å². The Kier molecular flexibility index (Phi) is 4.15. The summed E-state index contributed by atoms with van der Waals surface area (Å²) in [7, 11) is 0. The molecule has 2 aromatic rings. The minimum Gasteiger partial charge on any atom is -0.370 e. The molecular weight excluding hydrogens is 234 g/mol. The van der Waals surface area contributed by atoms with Gasteiger partial charge in [-0.05, 0) is 32.8 Å². The number of nitrogens with one attached hydrogen (secondary N) is 1. The number of aromatic nitrogens is 2. The van der Waals surface area contributed by atoms with E-state index in [9.17, 15) is 0 Å². The predicted molar refractivity (Wildman–Crippen MR) is 80.5 cm³/mol. The molecule has 0 aliphatic rings. The molecule has 2 rings (SSSR count). The minimum absolute atomic E-state index is 0.802. The maximum atomic E-state index is 4.59. The maximum Gasteiger partial charge on any atom is 0.133 e. The second-order valence-electron chi connectivity index (χ2n) is 4.67. The fourth-order valence-corrected chi connectivity index (χ4v) is 2.15. The second kappa shape index (κ2) is 5.83. The summed E-state index contributed by atoms with van der Waals surface area (Å²) in [6, 6.07) is 8.62. The quantitative estimate of drug-likeness (QED) is 0.904. The maximum absolute atomic E-state index is 4.59. The normalized spacial score (nSPS) is 10.5. The van der Waals surface area contributed by atoms with Crippen LogP contribution < -0.4 is 5.32 Å². The third-order valence-corrected chi connectivity index (χ3v) is 3.24. The highest BCUT2D eigenvalue weighted by Crippen LogP contribution is 2.26. The molecule has 0 saturated heterocycles. The molecule has 100 valence electrons. The molecule has 1 aromatic carbocycles. The van der Waals surface area contributed by atoms with Gasteiger partial charge in [0.05, 0.1) is 5.69 Å². The Morgan fingerprint density at radius 2 is 1.68 bits per heavy atom. The van der Waals surface area contributed by atoms with Crippen molar-refractivity contribution in [2.45, 2.75) is 34.1 Å². The summed E-state index contributed by atoms with van der Waals surface area (Å²) in [5.74, 6) is 1.74. The van der Waals surface area contributed by atoms with E-state index < -0.39 is 0 Å². The third-order valence-electron chi connectivity index (χ3n) is 3.24. The second-order valence-corrected chi connectivity index (χ2v) is 4.67. The fourth-order valence-electron chi connectivity index (χ4n) is 2.15. The number of rotatable bonds is 4. The van der Waals surface area contributed by atoms with E-state index in [1.165, 1.54) is 5.56 Å². The molecule has 0 amide bonds. The number of benzene rings is 1. The van der Waals surface area contributed by atoms with Crippen LogP contribution in [0, 0.1) is 13.8 Å². The molecule has 0 aliphatic heterocycles. The SMILES string of the molecule is CCNc1nc(C)nc(-c2ccc(CC)cc2)c1C. The van der Waals surface area contributed by atoms with E-state index >= 15 is 0 Å². The lowest BCUT2D eigenvalue weighted by atomic mass is 10.0. The minimum atomic E-state index is 0.802. The van der Waals surface area contributed by atoms with Gasteiger partial charge in [0.1, 0.15) is 11.6 Å². The van der Waals surface area contributed by atoms with Crippen molar-refractivity contribution in [1.29, 1.82) is 0 Å². The smallest absolute Gasteiger partial charge is 0.133 e. The van der Waals surface area contributed by atoms with Crippen LogP contribution in [-0.4, -0.2) is 16.5 Å². The van der Waals surface area contributed by atoms with Gasteiger partial charge in [-0.2, -0.15) is 0 Å². The molecule has 19 heavy (non-hydrogen) atoms. The lowest BCUT2D eigenvalue weighted by Crippen LogP contribution is -2.06. The summed E-state index contributed by atoms with van der Waals surface area (Å²) >= 11 is 0. The largest absolute Gasteiger partial charge is 0.370 e. The Balaban J connectivity index is 2.48. The first-order chi connectivity index (χ1) is 9.15. The molecule has 0 aliphatic carbocycles. The monoisotopic (exact) mass is 255 g/mol. The van der Waals surface area contributed by atoms with Crippen LogP contribution in [0.1, 0.15) is 30.8 Å². The molecule has 1 N–H and O–H groups in total. The van der Waals surface area contributed by atoms with Gasteiger partial charge >= 0.3 is 0 Å². The van der Waals surface area contributed by atoms with Crippen molar-refractivity contribution in [2.24, 2.45) is 0 Å². The van der Waals surface area contributed by atoms with Crippen LogP contribution in [-0.2, 0) is 6.42 Å². The first kappa shape index (κ1) is 13.5. The summed E-state index contributed by atoms with van der Waals surface area (Å²) in [6.07, 6.45) is 1.06. The lowest BCUT2D eigenvalue weighted by molar-refractivity contribution is 1.02. The molecule has 0 saturated carbocycles. The van der Waals surface area contributed by atoms with Gasteiger partial charge in [0.25, 0.3) is 0 Å². The molecule has 0 fully saturated rings. The van der Waals surface area contributed by atoms with Crippen LogP contribution >= 0.6 is 0 Å². The molecule has 1 heterocycles. The number of nitrogens with zero attached hydrogens (tertiary/aromatic N) is 2. The lowest BCUT2D eigenvalue weighted by Gasteiger charge is -2.12. The van der Waals surface area contributed by atoms with Crippen molar-refractivity contribution >= 4 is 5.82 Å². The molecule has 3 heteroatoms. The van der Waals surface area contributed by atoms with Gasteiger partial charge in [-0.15, -0.1) is 0 Å². The van der Waals surface area contributed by atoms with Crippen LogP contribution in [0.3, 0.4) is 0 Å². The first-order valence-electron chi connectivity index (χ1n) is 6.84. The van der Waals surface area contributed by atoms with Gasteiger partial charge in [0.15, 0.2) is 0 Å². The molecule has 0 radical (unpaired) electrons. The van der Waals surface area contributed by atoms with E-state index in [1.807, 2.05) is 6.92 Å². The zero-order chi connectivity index (χ0) is 13.8. The Morgan fingerprint density at radius 1 is 1.00 bits per heavy atom. The van der Waals surface area contributed by atoms with Crippen molar-refractivity contribution in [1.82, 2.24) is 9.97 Å². The Morgan fingerprint density at radius 3 is 2.26 bits per heavy atom. The number of hydrogen-bond donors (Lipinski definition) is 1. The summed E-state index contributed by atoms with van der Waals surface area (Å²) < 4.78 is 0. The van der Waals surface area contributed by atoms with Crippen molar-refractivity contribution in [3.63, 3.8) is 0 Å². The van der Waals surface area contributed by atoms with Gasteiger partial charge < -0.3 is 5.32 Å². The van der Waals surface area contributed by atoms with Crippen LogP contribution in [0.5, 0.6) is 0 Å². The molecule has 0 unspecified atom stereocenters. The number of hydrogen-bond acceptors (Lipinski definition) is 3. The highest BCUT2D eigenvalue weighted by Gasteiger charge is 2.10. The summed E-state index contributed by atoms with van der Waals surface area (Å²) in [5.41, 5.74) is 4.63. The van der Waals surface area contributed by atoms with Crippen LogP contribution in [0.2, 0.25) is 0 Å². The molecular formula is C16H21N3. The fraction of sp³-hybridized carbons (Fsp3) is 0.375. The first-order valence-corrected chi connectivity index (χ1v) is 6.84. The van der Waals surface area contributed by atoms with Gasteiger partial charge in [-0.1, -0.05) is 31.2 Å². The van der Waals surface area contributed by atoms with Gasteiger partial charge in [-0.25, -0.2) is 9.97 Å². The van der Waals surface area contributed by atoms with E-state index in [0.717, 1.165) is 41.4 Å². The number of anilines is 1. The van der Waals surface area contributed by atoms with E-state index in [2.05, 4.69) is 60.3 Å². The summed E-state index contributed by atoms with van der Waals surface area (Å²) in [6.45, 7) is 9.11. The van der Waals surface area contributed by atoms with E-state index in [-0.39, 0.29) is 0 Å². The topological polar surface area (TPSA) is 37.8 Å². The third kappa shape index (κ3) is 2.92. The van der Waals surface area contributed by atoms with Gasteiger partial charge in [0, 0.05) is 17.7 Å². The predicted octanol–water partition coefficient (Wildman–Crippen LogP) is 3.75. The van der Waals surface area contributed by atoms with Gasteiger partial charge in [-0.3, -0.25) is 0 Å². The zero-order valence-electron chi connectivity index (χ0n) is 12.1. The zero-order valence-corrected chi connectivity index (χ0v) is 12.1. The van der Waals surface area contributed by atoms with Crippen molar-refractivity contribution in [3.8, 4) is 11.3 Å². The van der Waals surface area contributed by atoms with E-state index in [0.29, 0.717) is 0 Å². The van der Waals surface area contributed by atoms with E-state index in [4.69, 9.17) is 0 Å². The number of aryl methyl sites for hydroxylation is 2. The molecule has 3 nitrogen and oxygen atoms in total. The van der Waals surface area contributed by atoms with Crippen molar-refractivity contribution in [3.05, 3.63) is 41.2 Å². The van der Waals surface area contributed by atoms with Gasteiger partial charge in [0.2, 0.25) is 0 Å². The molecule has 0 bridgehead atoms.